The third-order valence-electron chi connectivity index (χ3n) is 3.39. The average molecular weight is 333 g/mol. The van der Waals surface area contributed by atoms with E-state index in [-0.39, 0.29) is 6.04 Å². The maximum Gasteiger partial charge on any atom is 0.0751 e. The van der Waals surface area contributed by atoms with E-state index in [1.165, 1.54) is 11.1 Å². The van der Waals surface area contributed by atoms with Gasteiger partial charge in [0.05, 0.1) is 11.7 Å². The predicted molar refractivity (Wildman–Crippen MR) is 88.0 cm³/mol. The SMILES string of the molecule is CCNC(c1ccc(C(C)C)cc1)c1ccc(Br)cn1. The van der Waals surface area contributed by atoms with Crippen molar-refractivity contribution in [2.45, 2.75) is 32.7 Å². The van der Waals surface area contributed by atoms with Gasteiger partial charge in [-0.25, -0.2) is 0 Å². The van der Waals surface area contributed by atoms with Crippen LogP contribution in [0.2, 0.25) is 0 Å². The van der Waals surface area contributed by atoms with Crippen LogP contribution in [0.3, 0.4) is 0 Å². The van der Waals surface area contributed by atoms with Gasteiger partial charge in [-0.3, -0.25) is 4.98 Å². The fourth-order valence-corrected chi connectivity index (χ4v) is 2.46. The second kappa shape index (κ2) is 7.00. The number of nitrogens with one attached hydrogen (secondary N) is 1. The largest absolute Gasteiger partial charge is 0.305 e. The highest BCUT2D eigenvalue weighted by molar-refractivity contribution is 9.10. The Hall–Kier alpha value is -1.19. The summed E-state index contributed by atoms with van der Waals surface area (Å²) in [5, 5.41) is 3.51. The molecule has 1 aromatic carbocycles. The van der Waals surface area contributed by atoms with Crippen LogP contribution in [0.1, 0.15) is 49.6 Å². The molecule has 1 unspecified atom stereocenters. The quantitative estimate of drug-likeness (QED) is 0.860. The second-order valence-electron chi connectivity index (χ2n) is 5.21. The van der Waals surface area contributed by atoms with E-state index in [0.29, 0.717) is 5.92 Å². The Morgan fingerprint density at radius 3 is 2.20 bits per heavy atom. The normalized spacial score (nSPS) is 12.7. The van der Waals surface area contributed by atoms with Gasteiger partial charge in [0, 0.05) is 10.7 Å². The molecule has 0 radical (unpaired) electrons. The summed E-state index contributed by atoms with van der Waals surface area (Å²) in [5.74, 6) is 0.562. The van der Waals surface area contributed by atoms with Crippen LogP contribution in [-0.2, 0) is 0 Å². The zero-order valence-electron chi connectivity index (χ0n) is 12.2. The van der Waals surface area contributed by atoms with Gasteiger partial charge in [0.1, 0.15) is 0 Å². The summed E-state index contributed by atoms with van der Waals surface area (Å²) in [6.45, 7) is 7.46. The lowest BCUT2D eigenvalue weighted by atomic mass is 9.97. The fourth-order valence-electron chi connectivity index (χ4n) is 2.23. The molecule has 0 fully saturated rings. The Kier molecular flexibility index (Phi) is 5.32. The summed E-state index contributed by atoms with van der Waals surface area (Å²) in [6.07, 6.45) is 1.85. The van der Waals surface area contributed by atoms with Crippen molar-refractivity contribution in [1.82, 2.24) is 10.3 Å². The average Bonchev–Trinajstić information content (AvgIpc) is 2.46. The molecule has 2 aromatic rings. The summed E-state index contributed by atoms with van der Waals surface area (Å²) in [6, 6.07) is 13.1. The summed E-state index contributed by atoms with van der Waals surface area (Å²) >= 11 is 3.43. The predicted octanol–water partition coefficient (Wildman–Crippen LogP) is 4.67. The minimum Gasteiger partial charge on any atom is -0.305 e. The molecule has 0 aliphatic rings. The molecule has 106 valence electrons. The lowest BCUT2D eigenvalue weighted by Crippen LogP contribution is -2.22. The summed E-state index contributed by atoms with van der Waals surface area (Å²) in [7, 11) is 0. The Bertz CT molecular complexity index is 532. The molecule has 1 atom stereocenters. The molecule has 20 heavy (non-hydrogen) atoms. The maximum absolute atomic E-state index is 4.52. The molecule has 2 rings (SSSR count). The standard InChI is InChI=1S/C17H21BrN2/c1-4-19-17(16-10-9-15(18)11-20-16)14-7-5-13(6-8-14)12(2)3/h5-12,17,19H,4H2,1-3H3. The molecule has 0 aliphatic carbocycles. The van der Waals surface area contributed by atoms with Crippen molar-refractivity contribution in [1.29, 1.82) is 0 Å². The van der Waals surface area contributed by atoms with Crippen LogP contribution < -0.4 is 5.32 Å². The van der Waals surface area contributed by atoms with Crippen LogP contribution in [0.4, 0.5) is 0 Å². The van der Waals surface area contributed by atoms with Crippen LogP contribution in [-0.4, -0.2) is 11.5 Å². The van der Waals surface area contributed by atoms with Gasteiger partial charge in [-0.15, -0.1) is 0 Å². The molecule has 0 bridgehead atoms. The smallest absolute Gasteiger partial charge is 0.0751 e. The lowest BCUT2D eigenvalue weighted by molar-refractivity contribution is 0.615. The van der Waals surface area contributed by atoms with E-state index in [2.05, 4.69) is 77.3 Å². The first-order valence-electron chi connectivity index (χ1n) is 7.06. The molecule has 0 aliphatic heterocycles. The van der Waals surface area contributed by atoms with Crippen LogP contribution in [0, 0.1) is 0 Å². The van der Waals surface area contributed by atoms with E-state index in [9.17, 15) is 0 Å². The van der Waals surface area contributed by atoms with Crippen LogP contribution in [0.5, 0.6) is 0 Å². The maximum atomic E-state index is 4.52. The first-order valence-corrected chi connectivity index (χ1v) is 7.85. The van der Waals surface area contributed by atoms with E-state index in [1.807, 2.05) is 12.3 Å². The molecule has 3 heteroatoms. The van der Waals surface area contributed by atoms with Gasteiger partial charge in [-0.05, 0) is 51.7 Å². The van der Waals surface area contributed by atoms with Crippen molar-refractivity contribution >= 4 is 15.9 Å². The van der Waals surface area contributed by atoms with Crippen molar-refractivity contribution in [3.05, 3.63) is 63.9 Å². The van der Waals surface area contributed by atoms with E-state index in [4.69, 9.17) is 0 Å². The zero-order chi connectivity index (χ0) is 14.5. The molecule has 0 spiro atoms. The van der Waals surface area contributed by atoms with Gasteiger partial charge in [0.2, 0.25) is 0 Å². The Morgan fingerprint density at radius 2 is 1.70 bits per heavy atom. The number of hydrogen-bond acceptors (Lipinski definition) is 2. The second-order valence-corrected chi connectivity index (χ2v) is 6.13. The zero-order valence-corrected chi connectivity index (χ0v) is 13.8. The number of benzene rings is 1. The van der Waals surface area contributed by atoms with Gasteiger partial charge in [0.25, 0.3) is 0 Å². The summed E-state index contributed by atoms with van der Waals surface area (Å²) < 4.78 is 1.01. The molecule has 1 heterocycles. The first-order chi connectivity index (χ1) is 9.61. The minimum absolute atomic E-state index is 0.148. The molecule has 1 aromatic heterocycles. The molecular weight excluding hydrogens is 312 g/mol. The number of aromatic nitrogens is 1. The van der Waals surface area contributed by atoms with Crippen molar-refractivity contribution in [3.63, 3.8) is 0 Å². The van der Waals surface area contributed by atoms with Crippen molar-refractivity contribution in [2.24, 2.45) is 0 Å². The number of rotatable bonds is 5. The Balaban J connectivity index is 2.30. The minimum atomic E-state index is 0.148. The van der Waals surface area contributed by atoms with Crippen molar-refractivity contribution in [3.8, 4) is 0 Å². The summed E-state index contributed by atoms with van der Waals surface area (Å²) in [5.41, 5.74) is 3.67. The molecule has 1 N–H and O–H groups in total. The molecule has 0 saturated heterocycles. The number of halogens is 1. The van der Waals surface area contributed by atoms with E-state index in [1.54, 1.807) is 0 Å². The van der Waals surface area contributed by atoms with Crippen molar-refractivity contribution in [2.75, 3.05) is 6.54 Å². The van der Waals surface area contributed by atoms with Gasteiger partial charge >= 0.3 is 0 Å². The van der Waals surface area contributed by atoms with Crippen molar-refractivity contribution < 1.29 is 0 Å². The highest BCUT2D eigenvalue weighted by atomic mass is 79.9. The first kappa shape index (κ1) is 15.2. The Labute approximate surface area is 129 Å². The molecule has 2 nitrogen and oxygen atoms in total. The topological polar surface area (TPSA) is 24.9 Å². The van der Waals surface area contributed by atoms with Gasteiger partial charge in [-0.1, -0.05) is 45.0 Å². The number of pyridine rings is 1. The van der Waals surface area contributed by atoms with Gasteiger partial charge < -0.3 is 5.32 Å². The van der Waals surface area contributed by atoms with E-state index in [0.717, 1.165) is 16.7 Å². The summed E-state index contributed by atoms with van der Waals surface area (Å²) in [4.78, 5) is 4.52. The third kappa shape index (κ3) is 3.68. The fraction of sp³-hybridized carbons (Fsp3) is 0.353. The van der Waals surface area contributed by atoms with E-state index >= 15 is 0 Å². The third-order valence-corrected chi connectivity index (χ3v) is 3.86. The van der Waals surface area contributed by atoms with Crippen LogP contribution in [0.15, 0.2) is 47.1 Å². The lowest BCUT2D eigenvalue weighted by Gasteiger charge is -2.18. The Morgan fingerprint density at radius 1 is 1.05 bits per heavy atom. The van der Waals surface area contributed by atoms with Gasteiger partial charge in [-0.2, -0.15) is 0 Å². The highest BCUT2D eigenvalue weighted by Gasteiger charge is 2.14. The van der Waals surface area contributed by atoms with Crippen LogP contribution >= 0.6 is 15.9 Å². The molecule has 0 saturated carbocycles. The van der Waals surface area contributed by atoms with Gasteiger partial charge in [0.15, 0.2) is 0 Å². The number of hydrogen-bond donors (Lipinski definition) is 1. The van der Waals surface area contributed by atoms with E-state index < -0.39 is 0 Å². The monoisotopic (exact) mass is 332 g/mol. The highest BCUT2D eigenvalue weighted by Crippen LogP contribution is 2.23. The molecular formula is C17H21BrN2. The van der Waals surface area contributed by atoms with Crippen LogP contribution in [0.25, 0.3) is 0 Å². The molecule has 0 amide bonds. The number of nitrogens with zero attached hydrogens (tertiary/aromatic N) is 1.